The standard InChI is InChI=1S/C20H27NO5/c22-19(23)10-5-15-3-1-11-21(13-15)20(24)16-6-8-17(9-7-16)26-14-18-4-2-12-25-18/h6-9,15,18H,1-5,10-14H2,(H,22,23). The summed E-state index contributed by atoms with van der Waals surface area (Å²) in [4.78, 5) is 25.3. The third-order valence-electron chi connectivity index (χ3n) is 5.13. The highest BCUT2D eigenvalue weighted by Crippen LogP contribution is 2.23. The maximum atomic E-state index is 12.7. The Hall–Kier alpha value is -2.08. The second-order valence-electron chi connectivity index (χ2n) is 7.16. The fourth-order valence-electron chi connectivity index (χ4n) is 3.65. The summed E-state index contributed by atoms with van der Waals surface area (Å²) in [5.41, 5.74) is 0.647. The smallest absolute Gasteiger partial charge is 0.303 e. The molecule has 6 nitrogen and oxygen atoms in total. The Balaban J connectivity index is 1.51. The molecule has 0 radical (unpaired) electrons. The van der Waals surface area contributed by atoms with E-state index in [9.17, 15) is 9.59 Å². The first kappa shape index (κ1) is 18.7. The SMILES string of the molecule is O=C(O)CCC1CCCN(C(=O)c2ccc(OCC3CCCO3)cc2)C1. The van der Waals surface area contributed by atoms with Gasteiger partial charge in [-0.15, -0.1) is 0 Å². The van der Waals surface area contributed by atoms with Gasteiger partial charge in [0.25, 0.3) is 5.91 Å². The minimum Gasteiger partial charge on any atom is -0.491 e. The Bertz CT molecular complexity index is 609. The molecule has 1 amide bonds. The van der Waals surface area contributed by atoms with Gasteiger partial charge in [-0.05, 0) is 62.3 Å². The van der Waals surface area contributed by atoms with Crippen molar-refractivity contribution in [2.45, 2.75) is 44.6 Å². The molecule has 3 rings (SSSR count). The first-order chi connectivity index (χ1) is 12.6. The number of hydrogen-bond donors (Lipinski definition) is 1. The van der Waals surface area contributed by atoms with E-state index >= 15 is 0 Å². The van der Waals surface area contributed by atoms with Crippen LogP contribution in [0.5, 0.6) is 5.75 Å². The quantitative estimate of drug-likeness (QED) is 0.808. The van der Waals surface area contributed by atoms with Gasteiger partial charge >= 0.3 is 5.97 Å². The van der Waals surface area contributed by atoms with Crippen molar-refractivity contribution in [3.05, 3.63) is 29.8 Å². The summed E-state index contributed by atoms with van der Waals surface area (Å²) in [7, 11) is 0. The van der Waals surface area contributed by atoms with Gasteiger partial charge in [0.1, 0.15) is 12.4 Å². The predicted molar refractivity (Wildman–Crippen MR) is 96.4 cm³/mol. The molecule has 2 unspecified atom stereocenters. The third kappa shape index (κ3) is 5.21. The Labute approximate surface area is 154 Å². The van der Waals surface area contributed by atoms with Crippen LogP contribution in [0.3, 0.4) is 0 Å². The number of piperidine rings is 1. The molecule has 0 spiro atoms. The molecule has 6 heteroatoms. The molecule has 2 aliphatic rings. The van der Waals surface area contributed by atoms with E-state index in [2.05, 4.69) is 0 Å². The highest BCUT2D eigenvalue weighted by atomic mass is 16.5. The Morgan fingerprint density at radius 3 is 2.69 bits per heavy atom. The average Bonchev–Trinajstić information content (AvgIpc) is 3.18. The lowest BCUT2D eigenvalue weighted by atomic mass is 9.93. The number of aliphatic carboxylic acids is 1. The summed E-state index contributed by atoms with van der Waals surface area (Å²) in [5.74, 6) is 0.260. The molecule has 0 bridgehead atoms. The van der Waals surface area contributed by atoms with Gasteiger partial charge in [-0.1, -0.05) is 0 Å². The van der Waals surface area contributed by atoms with Crippen LogP contribution < -0.4 is 4.74 Å². The molecule has 1 N–H and O–H groups in total. The molecule has 2 fully saturated rings. The van der Waals surface area contributed by atoms with E-state index in [4.69, 9.17) is 14.6 Å². The van der Waals surface area contributed by atoms with Gasteiger partial charge in [0.05, 0.1) is 6.10 Å². The number of hydrogen-bond acceptors (Lipinski definition) is 4. The maximum absolute atomic E-state index is 12.7. The fraction of sp³-hybridized carbons (Fsp3) is 0.600. The summed E-state index contributed by atoms with van der Waals surface area (Å²) in [6, 6.07) is 7.25. The van der Waals surface area contributed by atoms with Gasteiger partial charge in [-0.3, -0.25) is 9.59 Å². The van der Waals surface area contributed by atoms with E-state index in [0.717, 1.165) is 44.6 Å². The van der Waals surface area contributed by atoms with Crippen molar-refractivity contribution in [3.8, 4) is 5.75 Å². The van der Waals surface area contributed by atoms with Crippen LogP contribution in [0.1, 0.15) is 48.9 Å². The number of likely N-dealkylation sites (tertiary alicyclic amines) is 1. The summed E-state index contributed by atoms with van der Waals surface area (Å²) >= 11 is 0. The minimum absolute atomic E-state index is 0.00991. The minimum atomic E-state index is -0.771. The third-order valence-corrected chi connectivity index (χ3v) is 5.13. The lowest BCUT2D eigenvalue weighted by Gasteiger charge is -2.32. The van der Waals surface area contributed by atoms with Crippen molar-refractivity contribution in [1.29, 1.82) is 0 Å². The van der Waals surface area contributed by atoms with Gasteiger partial charge < -0.3 is 19.5 Å². The molecule has 0 aliphatic carbocycles. The van der Waals surface area contributed by atoms with Crippen molar-refractivity contribution in [3.63, 3.8) is 0 Å². The van der Waals surface area contributed by atoms with Crippen molar-refractivity contribution in [1.82, 2.24) is 4.90 Å². The molecule has 1 aromatic carbocycles. The second kappa shape index (κ2) is 9.03. The first-order valence-corrected chi connectivity index (χ1v) is 9.47. The number of carbonyl (C=O) groups excluding carboxylic acids is 1. The lowest BCUT2D eigenvalue weighted by molar-refractivity contribution is -0.137. The van der Waals surface area contributed by atoms with Crippen molar-refractivity contribution >= 4 is 11.9 Å². The van der Waals surface area contributed by atoms with Crippen LogP contribution in [-0.4, -0.2) is 54.3 Å². The molecule has 26 heavy (non-hydrogen) atoms. The Kier molecular flexibility index (Phi) is 6.50. The number of carboxylic acid groups (broad SMARTS) is 1. The highest BCUT2D eigenvalue weighted by molar-refractivity contribution is 5.94. The van der Waals surface area contributed by atoms with E-state index in [1.165, 1.54) is 0 Å². The first-order valence-electron chi connectivity index (χ1n) is 9.47. The lowest BCUT2D eigenvalue weighted by Crippen LogP contribution is -2.40. The van der Waals surface area contributed by atoms with Gasteiger partial charge in [-0.2, -0.15) is 0 Å². The van der Waals surface area contributed by atoms with Gasteiger partial charge in [-0.25, -0.2) is 0 Å². The number of amides is 1. The largest absolute Gasteiger partial charge is 0.491 e. The van der Waals surface area contributed by atoms with E-state index in [1.54, 1.807) is 12.1 Å². The molecule has 2 aliphatic heterocycles. The molecule has 2 heterocycles. The van der Waals surface area contributed by atoms with Crippen molar-refractivity contribution < 1.29 is 24.2 Å². The van der Waals surface area contributed by atoms with E-state index in [1.807, 2.05) is 17.0 Å². The summed E-state index contributed by atoms with van der Waals surface area (Å²) in [6.45, 7) is 2.73. The highest BCUT2D eigenvalue weighted by Gasteiger charge is 2.25. The van der Waals surface area contributed by atoms with Gasteiger partial charge in [0, 0.05) is 31.7 Å². The monoisotopic (exact) mass is 361 g/mol. The molecular weight excluding hydrogens is 334 g/mol. The molecule has 2 saturated heterocycles. The fourth-order valence-corrected chi connectivity index (χ4v) is 3.65. The van der Waals surface area contributed by atoms with Gasteiger partial charge in [0.2, 0.25) is 0 Å². The van der Waals surface area contributed by atoms with E-state index in [-0.39, 0.29) is 24.3 Å². The number of carboxylic acids is 1. The molecule has 142 valence electrons. The van der Waals surface area contributed by atoms with Crippen LogP contribution in [-0.2, 0) is 9.53 Å². The maximum Gasteiger partial charge on any atom is 0.303 e. The van der Waals surface area contributed by atoms with E-state index in [0.29, 0.717) is 25.1 Å². The predicted octanol–water partition coefficient (Wildman–Crippen LogP) is 2.96. The van der Waals surface area contributed by atoms with Crippen LogP contribution in [0, 0.1) is 5.92 Å². The van der Waals surface area contributed by atoms with Crippen LogP contribution >= 0.6 is 0 Å². The molecule has 0 aromatic heterocycles. The number of rotatable bonds is 7. The van der Waals surface area contributed by atoms with Crippen LogP contribution in [0.2, 0.25) is 0 Å². The number of ether oxygens (including phenoxy) is 2. The van der Waals surface area contributed by atoms with Crippen LogP contribution in [0.4, 0.5) is 0 Å². The van der Waals surface area contributed by atoms with E-state index < -0.39 is 5.97 Å². The summed E-state index contributed by atoms with van der Waals surface area (Å²) in [6.07, 6.45) is 5.02. The van der Waals surface area contributed by atoms with Crippen molar-refractivity contribution in [2.24, 2.45) is 5.92 Å². The number of nitrogens with zero attached hydrogens (tertiary/aromatic N) is 1. The zero-order valence-electron chi connectivity index (χ0n) is 15.1. The second-order valence-corrected chi connectivity index (χ2v) is 7.16. The average molecular weight is 361 g/mol. The topological polar surface area (TPSA) is 76.1 Å². The molecule has 2 atom stereocenters. The molecular formula is C20H27NO5. The zero-order chi connectivity index (χ0) is 18.4. The number of benzene rings is 1. The molecule has 1 aromatic rings. The molecule has 0 saturated carbocycles. The Morgan fingerprint density at radius 1 is 1.19 bits per heavy atom. The normalized spacial score (nSPS) is 23.0. The van der Waals surface area contributed by atoms with Crippen LogP contribution in [0.15, 0.2) is 24.3 Å². The summed E-state index contributed by atoms with van der Waals surface area (Å²) in [5, 5.41) is 8.84. The summed E-state index contributed by atoms with van der Waals surface area (Å²) < 4.78 is 11.3. The zero-order valence-corrected chi connectivity index (χ0v) is 15.1. The van der Waals surface area contributed by atoms with Crippen LogP contribution in [0.25, 0.3) is 0 Å². The van der Waals surface area contributed by atoms with Crippen molar-refractivity contribution in [2.75, 3.05) is 26.3 Å². The van der Waals surface area contributed by atoms with Gasteiger partial charge in [0.15, 0.2) is 0 Å². The Morgan fingerprint density at radius 2 is 2.00 bits per heavy atom. The number of carbonyl (C=O) groups is 2.